The number of aromatic nitrogens is 3. The molecule has 180 valence electrons. The summed E-state index contributed by atoms with van der Waals surface area (Å²) in [5.74, 6) is 0.353. The van der Waals surface area contributed by atoms with E-state index in [1.807, 2.05) is 6.07 Å². The summed E-state index contributed by atoms with van der Waals surface area (Å²) in [6, 6.07) is 18.8. The Kier molecular flexibility index (Phi) is 7.69. The minimum Gasteiger partial charge on any atom is -0.345 e. The summed E-state index contributed by atoms with van der Waals surface area (Å²) in [6.45, 7) is 0.0606. The zero-order chi connectivity index (χ0) is 25.0. The molecule has 0 unspecified atom stereocenters. The van der Waals surface area contributed by atoms with Crippen LogP contribution in [0.5, 0.6) is 0 Å². The van der Waals surface area contributed by atoms with Gasteiger partial charge in [-0.25, -0.2) is 0 Å². The van der Waals surface area contributed by atoms with Crippen molar-refractivity contribution in [2.24, 2.45) is 0 Å². The second kappa shape index (κ2) is 10.7. The Bertz CT molecular complexity index is 1350. The lowest BCUT2D eigenvalue weighted by Crippen LogP contribution is -2.24. The van der Waals surface area contributed by atoms with Gasteiger partial charge in [0.05, 0.1) is 27.8 Å². The van der Waals surface area contributed by atoms with E-state index >= 15 is 0 Å². The number of halogens is 5. The molecular formula is C24H17Cl2F3N4OS. The fourth-order valence-electron chi connectivity index (χ4n) is 3.23. The first-order chi connectivity index (χ1) is 16.7. The summed E-state index contributed by atoms with van der Waals surface area (Å²) in [5.41, 5.74) is 0.852. The van der Waals surface area contributed by atoms with E-state index in [2.05, 4.69) is 15.5 Å². The predicted molar refractivity (Wildman–Crippen MR) is 130 cm³/mol. The van der Waals surface area contributed by atoms with Crippen LogP contribution in [0, 0.1) is 0 Å². The highest BCUT2D eigenvalue weighted by molar-refractivity contribution is 7.98. The van der Waals surface area contributed by atoms with Crippen molar-refractivity contribution in [1.82, 2.24) is 20.1 Å². The summed E-state index contributed by atoms with van der Waals surface area (Å²) in [4.78, 5) is 12.5. The minimum atomic E-state index is -4.43. The first kappa shape index (κ1) is 25.1. The molecule has 0 radical (unpaired) electrons. The topological polar surface area (TPSA) is 59.8 Å². The van der Waals surface area contributed by atoms with Crippen LogP contribution in [0.4, 0.5) is 13.2 Å². The van der Waals surface area contributed by atoms with Crippen molar-refractivity contribution in [3.05, 3.63) is 105 Å². The van der Waals surface area contributed by atoms with Gasteiger partial charge in [-0.3, -0.25) is 9.36 Å². The van der Waals surface area contributed by atoms with Gasteiger partial charge in [0, 0.05) is 11.3 Å². The highest BCUT2D eigenvalue weighted by Crippen LogP contribution is 2.32. The normalized spacial score (nSPS) is 11.5. The number of carbonyl (C=O) groups is 1. The molecule has 0 bridgehead atoms. The second-order valence-corrected chi connectivity index (χ2v) is 9.13. The molecule has 35 heavy (non-hydrogen) atoms. The van der Waals surface area contributed by atoms with Gasteiger partial charge in [-0.1, -0.05) is 71.4 Å². The van der Waals surface area contributed by atoms with Crippen molar-refractivity contribution in [2.75, 3.05) is 0 Å². The maximum atomic E-state index is 13.1. The summed E-state index contributed by atoms with van der Waals surface area (Å²) >= 11 is 13.5. The van der Waals surface area contributed by atoms with Crippen molar-refractivity contribution in [3.63, 3.8) is 0 Å². The molecule has 0 fully saturated rings. The summed E-state index contributed by atoms with van der Waals surface area (Å²) in [7, 11) is 0. The molecule has 1 N–H and O–H groups in total. The Hall–Kier alpha value is -3.01. The molecule has 5 nitrogen and oxygen atoms in total. The number of nitrogens with one attached hydrogen (secondary N) is 1. The van der Waals surface area contributed by atoms with Gasteiger partial charge in [0.2, 0.25) is 0 Å². The number of hydrogen-bond donors (Lipinski definition) is 1. The molecule has 0 saturated carbocycles. The molecule has 0 aliphatic carbocycles. The van der Waals surface area contributed by atoms with Gasteiger partial charge in [0.25, 0.3) is 5.91 Å². The molecule has 1 amide bonds. The molecule has 11 heteroatoms. The molecule has 1 aromatic heterocycles. The zero-order valence-electron chi connectivity index (χ0n) is 17.9. The fourth-order valence-corrected chi connectivity index (χ4v) is 4.43. The average molecular weight is 537 g/mol. The largest absolute Gasteiger partial charge is 0.416 e. The number of amides is 1. The molecule has 0 atom stereocenters. The smallest absolute Gasteiger partial charge is 0.345 e. The number of carbonyl (C=O) groups excluding carboxylic acids is 1. The lowest BCUT2D eigenvalue weighted by atomic mass is 10.1. The van der Waals surface area contributed by atoms with Crippen LogP contribution < -0.4 is 5.32 Å². The Morgan fingerprint density at radius 1 is 0.943 bits per heavy atom. The number of thioether (sulfide) groups is 1. The maximum Gasteiger partial charge on any atom is 0.416 e. The standard InChI is InChI=1S/C24H17Cl2F3N4OS/c25-19-10-9-18(12-20(19)26)33-21(13-30-22(34)16-6-2-1-3-7-16)31-32-23(33)35-14-15-5-4-8-17(11-15)24(27,28)29/h1-12H,13-14H2,(H,30,34). The third-order valence-electron chi connectivity index (χ3n) is 4.93. The summed E-state index contributed by atoms with van der Waals surface area (Å²) < 4.78 is 40.9. The van der Waals surface area contributed by atoms with Crippen LogP contribution in [0.3, 0.4) is 0 Å². The highest BCUT2D eigenvalue weighted by Gasteiger charge is 2.30. The van der Waals surface area contributed by atoms with E-state index in [4.69, 9.17) is 23.2 Å². The van der Waals surface area contributed by atoms with E-state index in [1.54, 1.807) is 53.1 Å². The van der Waals surface area contributed by atoms with E-state index in [0.717, 1.165) is 12.1 Å². The van der Waals surface area contributed by atoms with Crippen LogP contribution in [-0.4, -0.2) is 20.7 Å². The first-order valence-electron chi connectivity index (χ1n) is 10.2. The fraction of sp³-hybridized carbons (Fsp3) is 0.125. The van der Waals surface area contributed by atoms with Gasteiger partial charge in [-0.05, 0) is 42.0 Å². The van der Waals surface area contributed by atoms with Crippen LogP contribution >= 0.6 is 35.0 Å². The van der Waals surface area contributed by atoms with Crippen molar-refractivity contribution < 1.29 is 18.0 Å². The molecular weight excluding hydrogens is 520 g/mol. The van der Waals surface area contributed by atoms with Crippen molar-refractivity contribution in [1.29, 1.82) is 0 Å². The Morgan fingerprint density at radius 2 is 1.71 bits per heavy atom. The Balaban J connectivity index is 1.60. The van der Waals surface area contributed by atoms with E-state index in [-0.39, 0.29) is 18.2 Å². The van der Waals surface area contributed by atoms with Crippen LogP contribution in [0.2, 0.25) is 10.0 Å². The number of nitrogens with zero attached hydrogens (tertiary/aromatic N) is 3. The van der Waals surface area contributed by atoms with E-state index < -0.39 is 11.7 Å². The SMILES string of the molecule is O=C(NCc1nnc(SCc2cccc(C(F)(F)F)c2)n1-c1ccc(Cl)c(Cl)c1)c1ccccc1. The maximum absolute atomic E-state index is 13.1. The Morgan fingerprint density at radius 3 is 2.43 bits per heavy atom. The summed E-state index contributed by atoms with van der Waals surface area (Å²) in [5, 5.41) is 12.3. The number of rotatable bonds is 7. The number of hydrogen-bond acceptors (Lipinski definition) is 4. The van der Waals surface area contributed by atoms with Gasteiger partial charge in [-0.15, -0.1) is 10.2 Å². The third kappa shape index (κ3) is 6.17. The predicted octanol–water partition coefficient (Wildman–Crippen LogP) is 6.82. The van der Waals surface area contributed by atoms with Crippen molar-refractivity contribution >= 4 is 40.9 Å². The first-order valence-corrected chi connectivity index (χ1v) is 12.0. The lowest BCUT2D eigenvalue weighted by Gasteiger charge is -2.12. The lowest BCUT2D eigenvalue weighted by molar-refractivity contribution is -0.137. The second-order valence-electron chi connectivity index (χ2n) is 7.37. The van der Waals surface area contributed by atoms with Gasteiger partial charge < -0.3 is 5.32 Å². The highest BCUT2D eigenvalue weighted by atomic mass is 35.5. The molecule has 0 spiro atoms. The van der Waals surface area contributed by atoms with E-state index in [0.29, 0.717) is 37.8 Å². The van der Waals surface area contributed by atoms with E-state index in [9.17, 15) is 18.0 Å². The van der Waals surface area contributed by atoms with Gasteiger partial charge >= 0.3 is 6.18 Å². The number of alkyl halides is 3. The van der Waals surface area contributed by atoms with Crippen molar-refractivity contribution in [3.8, 4) is 5.69 Å². The van der Waals surface area contributed by atoms with Crippen LogP contribution in [-0.2, 0) is 18.5 Å². The quantitative estimate of drug-likeness (QED) is 0.263. The third-order valence-corrected chi connectivity index (χ3v) is 6.67. The van der Waals surface area contributed by atoms with E-state index in [1.165, 1.54) is 17.8 Å². The molecule has 0 saturated heterocycles. The number of benzene rings is 3. The van der Waals surface area contributed by atoms with Gasteiger partial charge in [0.1, 0.15) is 0 Å². The average Bonchev–Trinajstić information content (AvgIpc) is 3.26. The van der Waals surface area contributed by atoms with Crippen LogP contribution in [0.15, 0.2) is 78.0 Å². The van der Waals surface area contributed by atoms with Crippen LogP contribution in [0.25, 0.3) is 5.69 Å². The molecule has 1 heterocycles. The zero-order valence-corrected chi connectivity index (χ0v) is 20.2. The van der Waals surface area contributed by atoms with Gasteiger partial charge in [-0.2, -0.15) is 13.2 Å². The molecule has 0 aliphatic heterocycles. The summed E-state index contributed by atoms with van der Waals surface area (Å²) in [6.07, 6.45) is -4.43. The Labute approximate surface area is 213 Å². The molecule has 4 aromatic rings. The minimum absolute atomic E-state index is 0.0606. The molecule has 3 aromatic carbocycles. The van der Waals surface area contributed by atoms with Crippen LogP contribution in [0.1, 0.15) is 27.3 Å². The van der Waals surface area contributed by atoms with Crippen molar-refractivity contribution in [2.45, 2.75) is 23.6 Å². The molecule has 4 rings (SSSR count). The molecule has 0 aliphatic rings. The monoisotopic (exact) mass is 536 g/mol. The van der Waals surface area contributed by atoms with Gasteiger partial charge in [0.15, 0.2) is 11.0 Å².